The Hall–Kier alpha value is -0.770. The van der Waals surface area contributed by atoms with Gasteiger partial charge in [0.1, 0.15) is 0 Å². The minimum absolute atomic E-state index is 0.300. The van der Waals surface area contributed by atoms with Crippen molar-refractivity contribution in [2.24, 2.45) is 7.05 Å². The lowest BCUT2D eigenvalue weighted by Crippen LogP contribution is -1.92. The van der Waals surface area contributed by atoms with E-state index in [-0.39, 0.29) is 0 Å². The van der Waals surface area contributed by atoms with Crippen LogP contribution in [0.15, 0.2) is 16.9 Å². The number of carboxylic acid groups (broad SMARTS) is 1. The third-order valence-electron chi connectivity index (χ3n) is 1.19. The molecule has 1 aromatic heterocycles. The first-order valence-electron chi connectivity index (χ1n) is 2.66. The van der Waals surface area contributed by atoms with Crippen LogP contribution in [0.1, 0.15) is 10.4 Å². The molecular formula is C6H6BrNO2. The maximum atomic E-state index is 10.3. The molecule has 0 unspecified atom stereocenters. The highest BCUT2D eigenvalue weighted by atomic mass is 79.9. The first-order chi connectivity index (χ1) is 4.61. The van der Waals surface area contributed by atoms with Crippen molar-refractivity contribution < 1.29 is 9.90 Å². The minimum Gasteiger partial charge on any atom is -0.478 e. The maximum absolute atomic E-state index is 10.3. The molecule has 0 saturated carbocycles. The number of halogens is 1. The normalized spacial score (nSPS) is 9.80. The van der Waals surface area contributed by atoms with Crippen LogP contribution in [0.25, 0.3) is 0 Å². The molecule has 1 heterocycles. The molecule has 10 heavy (non-hydrogen) atoms. The minimum atomic E-state index is -0.902. The second-order valence-electron chi connectivity index (χ2n) is 1.97. The van der Waals surface area contributed by atoms with E-state index in [1.54, 1.807) is 23.9 Å². The molecule has 0 fully saturated rings. The van der Waals surface area contributed by atoms with Crippen LogP contribution in [-0.2, 0) is 7.05 Å². The Labute approximate surface area is 66.4 Å². The Bertz CT molecular complexity index is 247. The Morgan fingerprint density at radius 3 is 2.60 bits per heavy atom. The third-order valence-corrected chi connectivity index (χ3v) is 1.98. The third kappa shape index (κ3) is 1.21. The number of aryl methyl sites for hydroxylation is 1. The molecule has 1 rings (SSSR count). The maximum Gasteiger partial charge on any atom is 0.337 e. The Morgan fingerprint density at radius 1 is 1.80 bits per heavy atom. The first kappa shape index (κ1) is 7.34. The van der Waals surface area contributed by atoms with Crippen LogP contribution in [0.4, 0.5) is 0 Å². The highest BCUT2D eigenvalue weighted by Crippen LogP contribution is 2.12. The van der Waals surface area contributed by atoms with E-state index in [1.807, 2.05) is 0 Å². The van der Waals surface area contributed by atoms with E-state index in [9.17, 15) is 4.79 Å². The van der Waals surface area contributed by atoms with Gasteiger partial charge in [0.2, 0.25) is 0 Å². The lowest BCUT2D eigenvalue weighted by atomic mass is 10.4. The fourth-order valence-corrected chi connectivity index (χ4v) is 1.00. The van der Waals surface area contributed by atoms with Gasteiger partial charge in [-0.05, 0) is 22.0 Å². The zero-order valence-electron chi connectivity index (χ0n) is 5.34. The van der Waals surface area contributed by atoms with Crippen molar-refractivity contribution in [1.82, 2.24) is 4.57 Å². The van der Waals surface area contributed by atoms with Gasteiger partial charge >= 0.3 is 5.97 Å². The van der Waals surface area contributed by atoms with Crippen molar-refractivity contribution in [2.45, 2.75) is 0 Å². The Balaban J connectivity index is 3.10. The van der Waals surface area contributed by atoms with Crippen molar-refractivity contribution in [3.8, 4) is 0 Å². The predicted molar refractivity (Wildman–Crippen MR) is 40.1 cm³/mol. The van der Waals surface area contributed by atoms with E-state index in [0.29, 0.717) is 5.56 Å². The van der Waals surface area contributed by atoms with E-state index < -0.39 is 5.97 Å². The summed E-state index contributed by atoms with van der Waals surface area (Å²) < 4.78 is 2.47. The Morgan fingerprint density at radius 2 is 2.40 bits per heavy atom. The van der Waals surface area contributed by atoms with Gasteiger partial charge in [0.15, 0.2) is 0 Å². The summed E-state index contributed by atoms with van der Waals surface area (Å²) in [6, 6.07) is 1.56. The summed E-state index contributed by atoms with van der Waals surface area (Å²) in [4.78, 5) is 10.3. The van der Waals surface area contributed by atoms with Gasteiger partial charge in [-0.2, -0.15) is 0 Å². The molecule has 1 N–H and O–H groups in total. The molecule has 0 aromatic carbocycles. The molecule has 0 aliphatic heterocycles. The SMILES string of the molecule is Cn1cc(C(=O)O)cc1Br. The van der Waals surface area contributed by atoms with Crippen molar-refractivity contribution >= 4 is 21.9 Å². The number of hydrogen-bond acceptors (Lipinski definition) is 1. The van der Waals surface area contributed by atoms with Crippen molar-refractivity contribution in [3.63, 3.8) is 0 Å². The highest BCUT2D eigenvalue weighted by molar-refractivity contribution is 9.10. The number of rotatable bonds is 1. The summed E-state index contributed by atoms with van der Waals surface area (Å²) in [5, 5.41) is 8.49. The largest absolute Gasteiger partial charge is 0.478 e. The van der Waals surface area contributed by atoms with Gasteiger partial charge < -0.3 is 9.67 Å². The van der Waals surface area contributed by atoms with Gasteiger partial charge in [-0.25, -0.2) is 4.79 Å². The second-order valence-corrected chi connectivity index (χ2v) is 2.78. The summed E-state index contributed by atoms with van der Waals surface area (Å²) in [7, 11) is 1.77. The molecule has 1 aromatic rings. The van der Waals surface area contributed by atoms with E-state index in [1.165, 1.54) is 0 Å². The lowest BCUT2D eigenvalue weighted by Gasteiger charge is -1.87. The quantitative estimate of drug-likeness (QED) is 0.752. The number of carboxylic acids is 1. The van der Waals surface area contributed by atoms with Crippen LogP contribution < -0.4 is 0 Å². The molecular weight excluding hydrogens is 198 g/mol. The summed E-state index contributed by atoms with van der Waals surface area (Å²) in [5.41, 5.74) is 0.300. The van der Waals surface area contributed by atoms with Gasteiger partial charge in [0.25, 0.3) is 0 Å². The van der Waals surface area contributed by atoms with Crippen molar-refractivity contribution in [2.75, 3.05) is 0 Å². The molecule has 0 spiro atoms. The Kier molecular flexibility index (Phi) is 1.80. The van der Waals surface area contributed by atoms with E-state index in [4.69, 9.17) is 5.11 Å². The molecule has 0 bridgehead atoms. The average molecular weight is 204 g/mol. The molecule has 0 aliphatic rings. The molecule has 0 saturated heterocycles. The van der Waals surface area contributed by atoms with Gasteiger partial charge in [0, 0.05) is 13.2 Å². The van der Waals surface area contributed by atoms with Crippen LogP contribution in [0.3, 0.4) is 0 Å². The summed E-state index contributed by atoms with van der Waals surface area (Å²) in [6.45, 7) is 0. The van der Waals surface area contributed by atoms with Crippen molar-refractivity contribution in [1.29, 1.82) is 0 Å². The van der Waals surface area contributed by atoms with Crippen LogP contribution >= 0.6 is 15.9 Å². The monoisotopic (exact) mass is 203 g/mol. The fraction of sp³-hybridized carbons (Fsp3) is 0.167. The zero-order valence-corrected chi connectivity index (χ0v) is 6.92. The van der Waals surface area contributed by atoms with Crippen LogP contribution in [0, 0.1) is 0 Å². The van der Waals surface area contributed by atoms with Crippen LogP contribution in [0.5, 0.6) is 0 Å². The second kappa shape index (κ2) is 2.46. The van der Waals surface area contributed by atoms with Gasteiger partial charge in [-0.15, -0.1) is 0 Å². The smallest absolute Gasteiger partial charge is 0.337 e. The number of aromatic carboxylic acids is 1. The van der Waals surface area contributed by atoms with E-state index in [2.05, 4.69) is 15.9 Å². The number of carbonyl (C=O) groups is 1. The van der Waals surface area contributed by atoms with E-state index >= 15 is 0 Å². The molecule has 0 radical (unpaired) electrons. The van der Waals surface area contributed by atoms with Crippen LogP contribution in [0.2, 0.25) is 0 Å². The van der Waals surface area contributed by atoms with Gasteiger partial charge in [-0.3, -0.25) is 0 Å². The first-order valence-corrected chi connectivity index (χ1v) is 3.45. The molecule has 54 valence electrons. The summed E-state index contributed by atoms with van der Waals surface area (Å²) >= 11 is 3.18. The highest BCUT2D eigenvalue weighted by Gasteiger charge is 2.05. The van der Waals surface area contributed by atoms with Gasteiger partial charge in [0.05, 0.1) is 10.2 Å². The topological polar surface area (TPSA) is 42.2 Å². The number of nitrogens with zero attached hydrogens (tertiary/aromatic N) is 1. The fourth-order valence-electron chi connectivity index (χ4n) is 0.655. The number of aromatic nitrogens is 1. The zero-order chi connectivity index (χ0) is 7.72. The average Bonchev–Trinajstić information content (AvgIpc) is 2.13. The van der Waals surface area contributed by atoms with Crippen LogP contribution in [-0.4, -0.2) is 15.6 Å². The van der Waals surface area contributed by atoms with Crippen molar-refractivity contribution in [3.05, 3.63) is 22.4 Å². The summed E-state index contributed by atoms with van der Waals surface area (Å²) in [6.07, 6.45) is 1.55. The summed E-state index contributed by atoms with van der Waals surface area (Å²) in [5.74, 6) is -0.902. The standard InChI is InChI=1S/C6H6BrNO2/c1-8-3-4(6(9)10)2-5(8)7/h2-3H,1H3,(H,9,10). The lowest BCUT2D eigenvalue weighted by molar-refractivity contribution is 0.0697. The van der Waals surface area contributed by atoms with Gasteiger partial charge in [-0.1, -0.05) is 0 Å². The molecule has 0 aliphatic carbocycles. The number of hydrogen-bond donors (Lipinski definition) is 1. The van der Waals surface area contributed by atoms with E-state index in [0.717, 1.165) is 4.60 Å². The molecule has 0 atom stereocenters. The molecule has 4 heteroatoms. The predicted octanol–water partition coefficient (Wildman–Crippen LogP) is 1.49. The molecule has 3 nitrogen and oxygen atoms in total. The molecule has 0 amide bonds.